The van der Waals surface area contributed by atoms with Crippen molar-refractivity contribution in [2.75, 3.05) is 6.54 Å². The minimum atomic E-state index is -1.80. The zero-order chi connectivity index (χ0) is 27.1. The Balaban J connectivity index is 1.68. The lowest BCUT2D eigenvalue weighted by Crippen LogP contribution is -2.38. The second kappa shape index (κ2) is 11.1. The summed E-state index contributed by atoms with van der Waals surface area (Å²) in [5.74, 6) is -1.27. The largest absolute Gasteiger partial charge is 0.458 e. The SMILES string of the molecule is CC1=CC(C)CCC(C(Cl)(Cl)Cl)OC(=O)CC(C2CC2Cl)OC(=O)C=CC2C1CC=C1C(=O)NCC12C. The van der Waals surface area contributed by atoms with Crippen molar-refractivity contribution in [1.82, 2.24) is 5.32 Å². The van der Waals surface area contributed by atoms with Gasteiger partial charge in [-0.05, 0) is 50.4 Å². The monoisotopic (exact) mass is 591 g/mol. The summed E-state index contributed by atoms with van der Waals surface area (Å²) in [5.41, 5.74) is 1.46. The first kappa shape index (κ1) is 28.8. The molecule has 0 radical (unpaired) electrons. The van der Waals surface area contributed by atoms with Gasteiger partial charge in [-0.3, -0.25) is 9.59 Å². The number of allylic oxidation sites excluding steroid dienone is 4. The summed E-state index contributed by atoms with van der Waals surface area (Å²) < 4.78 is 9.48. The minimum Gasteiger partial charge on any atom is -0.458 e. The van der Waals surface area contributed by atoms with E-state index in [1.54, 1.807) is 0 Å². The number of carbonyl (C=O) groups excluding carboxylic acids is 3. The Hall–Kier alpha value is -1.21. The summed E-state index contributed by atoms with van der Waals surface area (Å²) in [6.45, 7) is 6.70. The molecule has 2 aliphatic heterocycles. The number of alkyl halides is 4. The standard InChI is InChI=1S/C27H33Cl4NO5/c1-14-4-8-22(27(29,30)31)37-24(34)12-21(17-11-20(17)28)36-23(33)9-7-18-16(15(2)10-14)5-6-19-25(35)32-13-26(18,19)3/h6-7,9-10,14,16-18,20-22H,4-5,8,11-13H2,1-3H3,(H,32,35). The molecule has 0 bridgehead atoms. The highest BCUT2D eigenvalue weighted by atomic mass is 35.6. The van der Waals surface area contributed by atoms with E-state index in [0.29, 0.717) is 32.2 Å². The van der Waals surface area contributed by atoms with Gasteiger partial charge in [0.1, 0.15) is 12.2 Å². The first-order chi connectivity index (χ1) is 17.3. The van der Waals surface area contributed by atoms with Crippen LogP contribution in [-0.4, -0.2) is 45.8 Å². The molecular weight excluding hydrogens is 560 g/mol. The summed E-state index contributed by atoms with van der Waals surface area (Å²) >= 11 is 24.7. The van der Waals surface area contributed by atoms with Crippen LogP contribution in [0.1, 0.15) is 52.9 Å². The fraction of sp³-hybridized carbons (Fsp3) is 0.667. The summed E-state index contributed by atoms with van der Waals surface area (Å²) in [4.78, 5) is 38.3. The third-order valence-electron chi connectivity index (χ3n) is 8.19. The van der Waals surface area contributed by atoms with Crippen molar-refractivity contribution in [3.63, 3.8) is 0 Å². The van der Waals surface area contributed by atoms with E-state index < -0.39 is 33.4 Å². The van der Waals surface area contributed by atoms with Crippen molar-refractivity contribution in [1.29, 1.82) is 0 Å². The van der Waals surface area contributed by atoms with Crippen LogP contribution in [0.3, 0.4) is 0 Å². The average Bonchev–Trinajstić information content (AvgIpc) is 3.45. The minimum absolute atomic E-state index is 0.0581. The molecule has 2 heterocycles. The van der Waals surface area contributed by atoms with Gasteiger partial charge in [0, 0.05) is 34.9 Å². The molecule has 37 heavy (non-hydrogen) atoms. The second-order valence-corrected chi connectivity index (χ2v) is 14.0. The third-order valence-corrected chi connectivity index (χ3v) is 9.42. The van der Waals surface area contributed by atoms with E-state index in [1.165, 1.54) is 6.08 Å². The smallest absolute Gasteiger partial charge is 0.330 e. The second-order valence-electron chi connectivity index (χ2n) is 11.0. The van der Waals surface area contributed by atoms with E-state index >= 15 is 0 Å². The Labute approximate surface area is 238 Å². The van der Waals surface area contributed by atoms with E-state index in [1.807, 2.05) is 12.2 Å². The van der Waals surface area contributed by atoms with Crippen LogP contribution in [0.15, 0.2) is 35.5 Å². The van der Waals surface area contributed by atoms with Gasteiger partial charge in [0.15, 0.2) is 0 Å². The first-order valence-corrected chi connectivity index (χ1v) is 14.3. The highest BCUT2D eigenvalue weighted by molar-refractivity contribution is 6.68. The number of esters is 2. The van der Waals surface area contributed by atoms with Gasteiger partial charge >= 0.3 is 11.9 Å². The Morgan fingerprint density at radius 1 is 1.14 bits per heavy atom. The molecule has 0 spiro atoms. The van der Waals surface area contributed by atoms with Gasteiger partial charge in [-0.15, -0.1) is 11.6 Å². The highest BCUT2D eigenvalue weighted by Gasteiger charge is 2.50. The molecule has 10 heteroatoms. The molecule has 2 aliphatic carbocycles. The van der Waals surface area contributed by atoms with Crippen molar-refractivity contribution in [3.05, 3.63) is 35.5 Å². The average molecular weight is 593 g/mol. The Morgan fingerprint density at radius 2 is 1.84 bits per heavy atom. The van der Waals surface area contributed by atoms with E-state index in [-0.39, 0.29) is 41.4 Å². The molecule has 0 aromatic rings. The molecule has 1 amide bonds. The van der Waals surface area contributed by atoms with Crippen LogP contribution in [0.25, 0.3) is 0 Å². The van der Waals surface area contributed by atoms with Gasteiger partial charge in [-0.1, -0.05) is 72.5 Å². The summed E-state index contributed by atoms with van der Waals surface area (Å²) in [7, 11) is 0. The van der Waals surface area contributed by atoms with Crippen molar-refractivity contribution in [3.8, 4) is 0 Å². The number of cyclic esters (lactones) is 2. The highest BCUT2D eigenvalue weighted by Crippen LogP contribution is 2.50. The first-order valence-electron chi connectivity index (χ1n) is 12.8. The quantitative estimate of drug-likeness (QED) is 0.235. The number of hydrogen-bond acceptors (Lipinski definition) is 5. The van der Waals surface area contributed by atoms with Gasteiger partial charge in [0.2, 0.25) is 9.70 Å². The number of fused-ring (bicyclic) bond motifs is 3. The van der Waals surface area contributed by atoms with Crippen molar-refractivity contribution < 1.29 is 23.9 Å². The molecule has 204 valence electrons. The zero-order valence-corrected chi connectivity index (χ0v) is 24.2. The molecule has 1 saturated carbocycles. The summed E-state index contributed by atoms with van der Waals surface area (Å²) in [6.07, 6.45) is 7.96. The molecule has 1 saturated heterocycles. The zero-order valence-electron chi connectivity index (χ0n) is 21.1. The maximum Gasteiger partial charge on any atom is 0.330 e. The van der Waals surface area contributed by atoms with Crippen molar-refractivity contribution >= 4 is 64.2 Å². The number of hydrogen-bond donors (Lipinski definition) is 1. The normalized spacial score (nSPS) is 39.4. The summed E-state index contributed by atoms with van der Waals surface area (Å²) in [6, 6.07) is 0. The van der Waals surface area contributed by atoms with Crippen LogP contribution in [0.2, 0.25) is 0 Å². The van der Waals surface area contributed by atoms with E-state index in [4.69, 9.17) is 55.9 Å². The lowest BCUT2D eigenvalue weighted by atomic mass is 9.61. The van der Waals surface area contributed by atoms with Crippen LogP contribution in [0.5, 0.6) is 0 Å². The number of ether oxygens (including phenoxy) is 2. The number of carbonyl (C=O) groups is 3. The molecule has 0 aromatic carbocycles. The summed E-state index contributed by atoms with van der Waals surface area (Å²) in [5, 5.41) is 2.79. The van der Waals surface area contributed by atoms with Crippen LogP contribution in [0, 0.1) is 29.1 Å². The molecule has 0 aromatic heterocycles. The number of amides is 1. The van der Waals surface area contributed by atoms with E-state index in [2.05, 4.69) is 32.2 Å². The van der Waals surface area contributed by atoms with E-state index in [9.17, 15) is 14.4 Å². The van der Waals surface area contributed by atoms with Crippen molar-refractivity contribution in [2.45, 2.75) is 74.3 Å². The van der Waals surface area contributed by atoms with Crippen LogP contribution < -0.4 is 5.32 Å². The molecule has 2 fully saturated rings. The molecule has 6 nitrogen and oxygen atoms in total. The molecule has 8 atom stereocenters. The Morgan fingerprint density at radius 3 is 2.49 bits per heavy atom. The lowest BCUT2D eigenvalue weighted by molar-refractivity contribution is -0.156. The Bertz CT molecular complexity index is 1030. The topological polar surface area (TPSA) is 81.7 Å². The van der Waals surface area contributed by atoms with Crippen LogP contribution >= 0.6 is 46.4 Å². The lowest BCUT2D eigenvalue weighted by Gasteiger charge is -2.41. The number of nitrogens with one attached hydrogen (secondary N) is 1. The Kier molecular flexibility index (Phi) is 8.65. The number of halogens is 4. The van der Waals surface area contributed by atoms with Gasteiger partial charge < -0.3 is 14.8 Å². The molecule has 4 aliphatic rings. The van der Waals surface area contributed by atoms with Crippen LogP contribution in [0.4, 0.5) is 0 Å². The molecule has 4 rings (SSSR count). The maximum absolute atomic E-state index is 12.9. The van der Waals surface area contributed by atoms with Crippen LogP contribution in [-0.2, 0) is 23.9 Å². The predicted molar refractivity (Wildman–Crippen MR) is 145 cm³/mol. The van der Waals surface area contributed by atoms with E-state index in [0.717, 1.165) is 11.1 Å². The van der Waals surface area contributed by atoms with Gasteiger partial charge in [0.05, 0.1) is 6.42 Å². The molecule has 1 N–H and O–H groups in total. The third kappa shape index (κ3) is 6.51. The number of rotatable bonds is 1. The van der Waals surface area contributed by atoms with Crippen molar-refractivity contribution in [2.24, 2.45) is 29.1 Å². The van der Waals surface area contributed by atoms with Gasteiger partial charge in [0.25, 0.3) is 0 Å². The molecular formula is C27H33Cl4NO5. The fourth-order valence-electron chi connectivity index (χ4n) is 5.94. The fourth-order valence-corrected chi connectivity index (χ4v) is 6.76. The maximum atomic E-state index is 12.9. The predicted octanol–water partition coefficient (Wildman–Crippen LogP) is 5.83. The van der Waals surface area contributed by atoms with Gasteiger partial charge in [-0.25, -0.2) is 4.79 Å². The van der Waals surface area contributed by atoms with Gasteiger partial charge in [-0.2, -0.15) is 0 Å². The molecule has 8 unspecified atom stereocenters.